The van der Waals surface area contributed by atoms with E-state index in [4.69, 9.17) is 9.47 Å². The number of hydrogen-bond acceptors (Lipinski definition) is 8. The van der Waals surface area contributed by atoms with Crippen LogP contribution in [-0.4, -0.2) is 95.9 Å². The Hall–Kier alpha value is -2.74. The number of aromatic nitrogens is 2. The Morgan fingerprint density at radius 3 is 2.56 bits per heavy atom. The molecule has 1 aromatic heterocycles. The number of hydroxylamine groups is 1. The molecule has 0 unspecified atom stereocenters. The van der Waals surface area contributed by atoms with Gasteiger partial charge in [-0.3, -0.25) is 14.7 Å². The summed E-state index contributed by atoms with van der Waals surface area (Å²) in [6, 6.07) is 6.31. The summed E-state index contributed by atoms with van der Waals surface area (Å²) in [6.07, 6.45) is 3.28. The fourth-order valence-electron chi connectivity index (χ4n) is 6.00. The maximum atomic E-state index is 13.5. The first-order valence-corrected chi connectivity index (χ1v) is 15.3. The summed E-state index contributed by atoms with van der Waals surface area (Å²) in [4.78, 5) is 26.8. The lowest BCUT2D eigenvalue weighted by atomic mass is 9.79. The lowest BCUT2D eigenvalue weighted by molar-refractivity contribution is -0.141. The molecule has 3 aliphatic rings. The molecular formula is C26H37N5O7S. The third-order valence-electron chi connectivity index (χ3n) is 8.46. The summed E-state index contributed by atoms with van der Waals surface area (Å²) in [5.41, 5.74) is 2.59. The van der Waals surface area contributed by atoms with E-state index in [0.717, 1.165) is 17.4 Å². The predicted octanol–water partition coefficient (Wildman–Crippen LogP) is 2.08. The molecule has 2 N–H and O–H groups in total. The maximum Gasteiger partial charge on any atom is 0.410 e. The molecular weight excluding hydrogens is 526 g/mol. The number of carbonyl (C=O) groups is 2. The van der Waals surface area contributed by atoms with Crippen LogP contribution in [0.15, 0.2) is 24.4 Å². The van der Waals surface area contributed by atoms with Gasteiger partial charge < -0.3 is 14.4 Å². The van der Waals surface area contributed by atoms with Gasteiger partial charge in [-0.05, 0) is 50.2 Å². The number of likely N-dealkylation sites (tertiary alicyclic amines) is 1. The fourth-order valence-corrected chi connectivity index (χ4v) is 8.06. The molecule has 13 heteroatoms. The van der Waals surface area contributed by atoms with Crippen LogP contribution in [0.25, 0.3) is 10.9 Å². The van der Waals surface area contributed by atoms with Crippen molar-refractivity contribution in [2.45, 2.75) is 57.6 Å². The van der Waals surface area contributed by atoms with Gasteiger partial charge in [0.25, 0.3) is 5.91 Å². The minimum Gasteiger partial charge on any atom is -0.444 e. The smallest absolute Gasteiger partial charge is 0.410 e. The molecule has 1 aromatic carbocycles. The van der Waals surface area contributed by atoms with Crippen molar-refractivity contribution in [3.05, 3.63) is 30.0 Å². The number of piperidine rings is 2. The van der Waals surface area contributed by atoms with Crippen LogP contribution >= 0.6 is 0 Å². The van der Waals surface area contributed by atoms with E-state index in [1.54, 1.807) is 5.48 Å². The third-order valence-corrected chi connectivity index (χ3v) is 10.5. The Morgan fingerprint density at radius 1 is 1.18 bits per heavy atom. The number of fused-ring (bicyclic) bond motifs is 1. The SMILES string of the molecule is CCn1ncc2ccc(C3CCN(S(=O)(=O)CC4(C(=O)NO)CCN(C(=O)O[C@H]5CCOC5)CC4)CC3)cc21. The second kappa shape index (κ2) is 11.4. The topological polar surface area (TPSA) is 143 Å². The zero-order valence-electron chi connectivity index (χ0n) is 22.3. The summed E-state index contributed by atoms with van der Waals surface area (Å²) < 4.78 is 41.2. The highest BCUT2D eigenvalue weighted by molar-refractivity contribution is 7.89. The Morgan fingerprint density at radius 2 is 1.92 bits per heavy atom. The summed E-state index contributed by atoms with van der Waals surface area (Å²) in [5.74, 6) is -0.924. The van der Waals surface area contributed by atoms with Crippen LogP contribution in [-0.2, 0) is 30.8 Å². The standard InChI is InChI=1S/C26H37N5O7S/c1-2-31-23-15-20(3-4-21(23)16-27-31)19-5-10-30(11-6-19)39(35,36)18-26(24(32)28-34)8-12-29(13-9-26)25(33)38-22-7-14-37-17-22/h3-4,15-16,19,22,34H,2,5-14,17-18H2,1H3,(H,28,32)/t22-/m0/s1. The van der Waals surface area contributed by atoms with Gasteiger partial charge in [0.1, 0.15) is 6.10 Å². The largest absolute Gasteiger partial charge is 0.444 e. The zero-order valence-corrected chi connectivity index (χ0v) is 23.1. The van der Waals surface area contributed by atoms with Crippen molar-refractivity contribution in [3.8, 4) is 0 Å². The van der Waals surface area contributed by atoms with Crippen LogP contribution in [0.5, 0.6) is 0 Å². The first-order chi connectivity index (χ1) is 18.7. The van der Waals surface area contributed by atoms with Gasteiger partial charge in [-0.15, -0.1) is 0 Å². The molecule has 3 fully saturated rings. The van der Waals surface area contributed by atoms with E-state index in [9.17, 15) is 23.2 Å². The van der Waals surface area contributed by atoms with Crippen molar-refractivity contribution in [2.75, 3.05) is 45.1 Å². The van der Waals surface area contributed by atoms with E-state index in [-0.39, 0.29) is 38.0 Å². The van der Waals surface area contributed by atoms with Crippen molar-refractivity contribution in [3.63, 3.8) is 0 Å². The number of benzene rings is 1. The number of carbonyl (C=O) groups excluding carboxylic acids is 2. The second-order valence-corrected chi connectivity index (χ2v) is 12.8. The molecule has 3 saturated heterocycles. The van der Waals surface area contributed by atoms with E-state index in [1.165, 1.54) is 14.8 Å². The molecule has 0 saturated carbocycles. The van der Waals surface area contributed by atoms with Crippen molar-refractivity contribution < 1.29 is 32.7 Å². The van der Waals surface area contributed by atoms with Crippen molar-refractivity contribution in [1.82, 2.24) is 24.5 Å². The molecule has 3 aliphatic heterocycles. The molecule has 39 heavy (non-hydrogen) atoms. The van der Waals surface area contributed by atoms with E-state index < -0.39 is 33.2 Å². The van der Waals surface area contributed by atoms with Crippen LogP contribution in [0.4, 0.5) is 4.79 Å². The maximum absolute atomic E-state index is 13.5. The lowest BCUT2D eigenvalue weighted by Crippen LogP contribution is -2.55. The Balaban J connectivity index is 1.21. The van der Waals surface area contributed by atoms with Crippen LogP contribution in [0.3, 0.4) is 0 Å². The van der Waals surface area contributed by atoms with Crippen molar-refractivity contribution in [2.24, 2.45) is 5.41 Å². The molecule has 12 nitrogen and oxygen atoms in total. The average Bonchev–Trinajstić information content (AvgIpc) is 3.62. The van der Waals surface area contributed by atoms with E-state index >= 15 is 0 Å². The Bertz CT molecular complexity index is 1290. The van der Waals surface area contributed by atoms with Crippen molar-refractivity contribution >= 4 is 32.9 Å². The highest BCUT2D eigenvalue weighted by Gasteiger charge is 2.47. The molecule has 1 atom stereocenters. The zero-order chi connectivity index (χ0) is 27.6. The normalized spacial score (nSPS) is 22.7. The summed E-state index contributed by atoms with van der Waals surface area (Å²) in [7, 11) is -3.80. The Kier molecular flexibility index (Phi) is 8.13. The van der Waals surface area contributed by atoms with Crippen LogP contribution in [0.1, 0.15) is 50.5 Å². The number of amides is 2. The molecule has 0 bridgehead atoms. The molecule has 0 spiro atoms. The number of sulfonamides is 1. The van der Waals surface area contributed by atoms with Gasteiger partial charge in [0.2, 0.25) is 10.0 Å². The van der Waals surface area contributed by atoms with E-state index in [0.29, 0.717) is 45.6 Å². The number of ether oxygens (including phenoxy) is 2. The summed E-state index contributed by atoms with van der Waals surface area (Å²) >= 11 is 0. The van der Waals surface area contributed by atoms with Gasteiger partial charge in [0, 0.05) is 44.5 Å². The van der Waals surface area contributed by atoms with Gasteiger partial charge in [-0.1, -0.05) is 12.1 Å². The highest BCUT2D eigenvalue weighted by atomic mass is 32.2. The van der Waals surface area contributed by atoms with Crippen LogP contribution in [0, 0.1) is 5.41 Å². The van der Waals surface area contributed by atoms with E-state index in [1.807, 2.05) is 17.8 Å². The highest BCUT2D eigenvalue weighted by Crippen LogP contribution is 2.37. The van der Waals surface area contributed by atoms with Gasteiger partial charge in [-0.25, -0.2) is 23.0 Å². The second-order valence-electron chi connectivity index (χ2n) is 10.8. The summed E-state index contributed by atoms with van der Waals surface area (Å²) in [6.45, 7) is 4.78. The number of aryl methyl sites for hydroxylation is 1. The number of rotatable bonds is 7. The lowest BCUT2D eigenvalue weighted by Gasteiger charge is -2.41. The van der Waals surface area contributed by atoms with Gasteiger partial charge >= 0.3 is 6.09 Å². The number of nitrogens with one attached hydrogen (secondary N) is 1. The molecule has 0 aliphatic carbocycles. The van der Waals surface area contributed by atoms with Gasteiger partial charge in [-0.2, -0.15) is 5.10 Å². The fraction of sp³-hybridized carbons (Fsp3) is 0.654. The van der Waals surface area contributed by atoms with Gasteiger partial charge in [0.05, 0.1) is 36.1 Å². The number of hydrogen-bond donors (Lipinski definition) is 2. The number of nitrogens with zero attached hydrogens (tertiary/aromatic N) is 4. The minimum absolute atomic E-state index is 0.108. The molecule has 4 heterocycles. The molecule has 2 amide bonds. The molecule has 214 valence electrons. The van der Waals surface area contributed by atoms with Gasteiger partial charge in [0.15, 0.2) is 0 Å². The van der Waals surface area contributed by atoms with Crippen molar-refractivity contribution in [1.29, 1.82) is 0 Å². The Labute approximate surface area is 228 Å². The first kappa shape index (κ1) is 27.8. The monoisotopic (exact) mass is 563 g/mol. The molecule has 2 aromatic rings. The first-order valence-electron chi connectivity index (χ1n) is 13.7. The minimum atomic E-state index is -3.80. The van der Waals surface area contributed by atoms with E-state index in [2.05, 4.69) is 23.3 Å². The predicted molar refractivity (Wildman–Crippen MR) is 142 cm³/mol. The third kappa shape index (κ3) is 5.76. The molecule has 5 rings (SSSR count). The van der Waals surface area contributed by atoms with Crippen LogP contribution in [0.2, 0.25) is 0 Å². The van der Waals surface area contributed by atoms with Crippen LogP contribution < -0.4 is 5.48 Å². The molecule has 0 radical (unpaired) electrons. The quantitative estimate of drug-likeness (QED) is 0.385. The summed E-state index contributed by atoms with van der Waals surface area (Å²) in [5, 5.41) is 14.9. The average molecular weight is 564 g/mol.